The van der Waals surface area contributed by atoms with Gasteiger partial charge in [-0.25, -0.2) is 8.78 Å². The van der Waals surface area contributed by atoms with Crippen LogP contribution in [0.3, 0.4) is 0 Å². The highest BCUT2D eigenvalue weighted by molar-refractivity contribution is 5.21. The normalized spacial score (nSPS) is 13.8. The van der Waals surface area contributed by atoms with Gasteiger partial charge in [-0.1, -0.05) is 0 Å². The van der Waals surface area contributed by atoms with E-state index in [0.717, 1.165) is 6.07 Å². The van der Waals surface area contributed by atoms with Crippen molar-refractivity contribution in [3.05, 3.63) is 35.4 Å². The first-order chi connectivity index (χ1) is 9.21. The highest BCUT2D eigenvalue weighted by Crippen LogP contribution is 2.19. The third-order valence-electron chi connectivity index (χ3n) is 3.09. The van der Waals surface area contributed by atoms with Gasteiger partial charge in [0.25, 0.3) is 0 Å². The molecule has 1 atom stereocenters. The van der Waals surface area contributed by atoms with E-state index < -0.39 is 17.2 Å². The summed E-state index contributed by atoms with van der Waals surface area (Å²) < 4.78 is 26.5. The summed E-state index contributed by atoms with van der Waals surface area (Å²) in [5.74, 6) is -1.13. The van der Waals surface area contributed by atoms with Gasteiger partial charge in [0, 0.05) is 18.7 Å². The van der Waals surface area contributed by atoms with Crippen LogP contribution in [0.2, 0.25) is 0 Å². The van der Waals surface area contributed by atoms with Gasteiger partial charge < -0.3 is 15.3 Å². The molecule has 0 aromatic heterocycles. The van der Waals surface area contributed by atoms with Crippen LogP contribution < -0.4 is 5.32 Å². The summed E-state index contributed by atoms with van der Waals surface area (Å²) in [5, 5.41) is 12.8. The second kappa shape index (κ2) is 7.11. The van der Waals surface area contributed by atoms with Gasteiger partial charge in [-0.2, -0.15) is 0 Å². The smallest absolute Gasteiger partial charge is 0.126 e. The van der Waals surface area contributed by atoms with Gasteiger partial charge in [0.1, 0.15) is 11.6 Å². The molecule has 0 bridgehead atoms. The average Bonchev–Trinajstić information content (AvgIpc) is 2.25. The molecule has 20 heavy (non-hydrogen) atoms. The summed E-state index contributed by atoms with van der Waals surface area (Å²) in [7, 11) is 3.68. The van der Waals surface area contributed by atoms with E-state index >= 15 is 0 Å². The predicted octanol–water partition coefficient (Wildman–Crippen LogP) is 2.32. The molecule has 0 radical (unpaired) electrons. The minimum atomic E-state index is -0.755. The van der Waals surface area contributed by atoms with Crippen LogP contribution >= 0.6 is 0 Å². The molecular weight excluding hydrogens is 262 g/mol. The van der Waals surface area contributed by atoms with Crippen LogP contribution in [0.25, 0.3) is 0 Å². The summed E-state index contributed by atoms with van der Waals surface area (Å²) in [4.78, 5) is 2.00. The zero-order valence-electron chi connectivity index (χ0n) is 12.6. The third kappa shape index (κ3) is 5.94. The van der Waals surface area contributed by atoms with Crippen LogP contribution in [-0.2, 0) is 0 Å². The maximum Gasteiger partial charge on any atom is 0.126 e. The van der Waals surface area contributed by atoms with E-state index in [-0.39, 0.29) is 6.04 Å². The first-order valence-corrected chi connectivity index (χ1v) is 6.75. The van der Waals surface area contributed by atoms with Crippen molar-refractivity contribution >= 4 is 0 Å². The van der Waals surface area contributed by atoms with Crippen molar-refractivity contribution in [1.82, 2.24) is 10.2 Å². The molecule has 0 aliphatic rings. The first-order valence-electron chi connectivity index (χ1n) is 6.75. The Morgan fingerprint density at radius 3 is 2.25 bits per heavy atom. The summed E-state index contributed by atoms with van der Waals surface area (Å²) in [6, 6.07) is 3.45. The Kier molecular flexibility index (Phi) is 6.05. The van der Waals surface area contributed by atoms with Crippen molar-refractivity contribution in [3.8, 4) is 0 Å². The molecule has 0 aliphatic carbocycles. The Labute approximate surface area is 119 Å². The molecule has 1 rings (SSSR count). The Balaban J connectivity index is 2.63. The van der Waals surface area contributed by atoms with E-state index in [1.165, 1.54) is 12.1 Å². The summed E-state index contributed by atoms with van der Waals surface area (Å²) >= 11 is 0. The fourth-order valence-corrected chi connectivity index (χ4v) is 2.34. The zero-order chi connectivity index (χ0) is 15.3. The lowest BCUT2D eigenvalue weighted by molar-refractivity contribution is 0.0436. The number of rotatable bonds is 7. The lowest BCUT2D eigenvalue weighted by atomic mass is 10.0. The van der Waals surface area contributed by atoms with Crippen molar-refractivity contribution in [2.75, 3.05) is 27.2 Å². The van der Waals surface area contributed by atoms with Crippen LogP contribution in [-0.4, -0.2) is 42.8 Å². The minimum absolute atomic E-state index is 0.121. The Morgan fingerprint density at radius 1 is 1.25 bits per heavy atom. The number of nitrogens with one attached hydrogen (secondary N) is 1. The van der Waals surface area contributed by atoms with Gasteiger partial charge in [-0.3, -0.25) is 0 Å². The molecule has 0 saturated heterocycles. The summed E-state index contributed by atoms with van der Waals surface area (Å²) in [5.41, 5.74) is -0.156. The van der Waals surface area contributed by atoms with E-state index in [2.05, 4.69) is 5.32 Å². The van der Waals surface area contributed by atoms with Crippen molar-refractivity contribution in [3.63, 3.8) is 0 Å². The highest BCUT2D eigenvalue weighted by Gasteiger charge is 2.17. The second-order valence-electron chi connectivity index (χ2n) is 5.88. The predicted molar refractivity (Wildman–Crippen MR) is 76.6 cm³/mol. The van der Waals surface area contributed by atoms with Gasteiger partial charge >= 0.3 is 0 Å². The number of hydrogen-bond donors (Lipinski definition) is 2. The summed E-state index contributed by atoms with van der Waals surface area (Å²) in [6.07, 6.45) is 0.700. The van der Waals surface area contributed by atoms with Crippen LogP contribution in [0.1, 0.15) is 31.9 Å². The van der Waals surface area contributed by atoms with Crippen molar-refractivity contribution in [2.24, 2.45) is 0 Å². The van der Waals surface area contributed by atoms with Crippen LogP contribution in [0, 0.1) is 11.6 Å². The van der Waals surface area contributed by atoms with Crippen LogP contribution in [0.5, 0.6) is 0 Å². The topological polar surface area (TPSA) is 35.5 Å². The maximum atomic E-state index is 13.2. The van der Waals surface area contributed by atoms with Crippen LogP contribution in [0.4, 0.5) is 8.78 Å². The molecule has 0 aliphatic heterocycles. The van der Waals surface area contributed by atoms with Crippen molar-refractivity contribution < 1.29 is 13.9 Å². The van der Waals surface area contributed by atoms with E-state index in [1.54, 1.807) is 20.9 Å². The largest absolute Gasteiger partial charge is 0.389 e. The number of hydrogen-bond acceptors (Lipinski definition) is 3. The third-order valence-corrected chi connectivity index (χ3v) is 3.09. The molecule has 1 unspecified atom stereocenters. The van der Waals surface area contributed by atoms with Crippen LogP contribution in [0.15, 0.2) is 18.2 Å². The number of halogens is 2. The molecule has 3 nitrogen and oxygen atoms in total. The van der Waals surface area contributed by atoms with Gasteiger partial charge in [-0.05, 0) is 58.6 Å². The Morgan fingerprint density at radius 2 is 1.80 bits per heavy atom. The van der Waals surface area contributed by atoms with Crippen molar-refractivity contribution in [2.45, 2.75) is 31.9 Å². The fraction of sp³-hybridized carbons (Fsp3) is 0.600. The Bertz CT molecular complexity index is 412. The molecule has 114 valence electrons. The SMILES string of the molecule is CNC(CCN(C)CC(C)(C)O)c1cc(F)cc(F)c1. The zero-order valence-corrected chi connectivity index (χ0v) is 12.6. The minimum Gasteiger partial charge on any atom is -0.389 e. The van der Waals surface area contributed by atoms with Crippen molar-refractivity contribution in [1.29, 1.82) is 0 Å². The average molecular weight is 286 g/mol. The molecule has 0 saturated carbocycles. The van der Waals surface area contributed by atoms with E-state index in [0.29, 0.717) is 25.1 Å². The molecule has 1 aromatic rings. The van der Waals surface area contributed by atoms with E-state index in [9.17, 15) is 13.9 Å². The molecule has 0 spiro atoms. The molecule has 5 heteroatoms. The Hall–Kier alpha value is -1.04. The molecular formula is C15H24F2N2O. The highest BCUT2D eigenvalue weighted by atomic mass is 19.1. The van der Waals surface area contributed by atoms with Gasteiger partial charge in [0.05, 0.1) is 5.60 Å². The van der Waals surface area contributed by atoms with E-state index in [1.807, 2.05) is 11.9 Å². The quantitative estimate of drug-likeness (QED) is 0.807. The van der Waals surface area contributed by atoms with Gasteiger partial charge in [0.2, 0.25) is 0 Å². The monoisotopic (exact) mass is 286 g/mol. The first kappa shape index (κ1) is 17.0. The summed E-state index contributed by atoms with van der Waals surface area (Å²) in [6.45, 7) is 4.76. The van der Waals surface area contributed by atoms with Gasteiger partial charge in [-0.15, -0.1) is 0 Å². The molecule has 2 N–H and O–H groups in total. The number of aliphatic hydroxyl groups is 1. The molecule has 0 fully saturated rings. The standard InChI is InChI=1S/C15H24F2N2O/c1-15(2,20)10-19(4)6-5-14(18-3)11-7-12(16)9-13(17)8-11/h7-9,14,18,20H,5-6,10H2,1-4H3. The lowest BCUT2D eigenvalue weighted by Gasteiger charge is -2.27. The lowest BCUT2D eigenvalue weighted by Crippen LogP contribution is -2.37. The second-order valence-corrected chi connectivity index (χ2v) is 5.88. The number of nitrogens with zero attached hydrogens (tertiary/aromatic N) is 1. The number of likely N-dealkylation sites (N-methyl/N-ethyl adjacent to an activating group) is 1. The van der Waals surface area contributed by atoms with E-state index in [4.69, 9.17) is 0 Å². The fourth-order valence-electron chi connectivity index (χ4n) is 2.34. The molecule has 0 heterocycles. The maximum absolute atomic E-state index is 13.2. The molecule has 1 aromatic carbocycles. The van der Waals surface area contributed by atoms with Gasteiger partial charge in [0.15, 0.2) is 0 Å². The number of benzene rings is 1. The molecule has 0 amide bonds.